The van der Waals surface area contributed by atoms with E-state index in [-0.39, 0.29) is 12.2 Å². The maximum atomic E-state index is 12.5. The number of sulfonamides is 1. The van der Waals surface area contributed by atoms with Gasteiger partial charge >= 0.3 is 6.03 Å². The number of nitrogens with one attached hydrogen (secondary N) is 2. The van der Waals surface area contributed by atoms with E-state index in [1.165, 1.54) is 11.1 Å². The Bertz CT molecular complexity index is 844. The quantitative estimate of drug-likeness (QED) is 0.848. The van der Waals surface area contributed by atoms with Gasteiger partial charge in [-0.25, -0.2) is 17.9 Å². The fourth-order valence-electron chi connectivity index (χ4n) is 4.57. The van der Waals surface area contributed by atoms with E-state index < -0.39 is 21.3 Å². The first kappa shape index (κ1) is 17.5. The normalized spacial score (nSPS) is 22.0. The number of carbonyl (C=O) groups excluding carboxylic acids is 2. The second-order valence-corrected chi connectivity index (χ2v) is 9.55. The molecule has 6 nitrogen and oxygen atoms in total. The molecule has 0 heterocycles. The van der Waals surface area contributed by atoms with Crippen molar-refractivity contribution in [3.63, 3.8) is 0 Å². The largest absolute Gasteiger partial charge is 0.332 e. The van der Waals surface area contributed by atoms with Crippen molar-refractivity contribution in [2.75, 3.05) is 5.32 Å². The summed E-state index contributed by atoms with van der Waals surface area (Å²) in [6, 6.07) is 1.55. The lowest BCUT2D eigenvalue weighted by molar-refractivity contribution is -0.120. The lowest BCUT2D eigenvalue weighted by Gasteiger charge is -2.22. The van der Waals surface area contributed by atoms with Gasteiger partial charge < -0.3 is 5.32 Å². The fraction of sp³-hybridized carbons (Fsp3) is 0.579. The highest BCUT2D eigenvalue weighted by Crippen LogP contribution is 2.38. The van der Waals surface area contributed by atoms with Gasteiger partial charge in [0.1, 0.15) is 5.78 Å². The van der Waals surface area contributed by atoms with E-state index >= 15 is 0 Å². The Kier molecular flexibility index (Phi) is 4.50. The number of anilines is 1. The van der Waals surface area contributed by atoms with E-state index in [1.807, 2.05) is 0 Å². The van der Waals surface area contributed by atoms with Crippen LogP contribution in [0.1, 0.15) is 60.8 Å². The van der Waals surface area contributed by atoms with Crippen LogP contribution in [0.2, 0.25) is 0 Å². The highest BCUT2D eigenvalue weighted by Gasteiger charge is 2.33. The van der Waals surface area contributed by atoms with E-state index in [4.69, 9.17) is 0 Å². The molecule has 1 saturated carbocycles. The second kappa shape index (κ2) is 6.68. The minimum atomic E-state index is -3.85. The number of Topliss-reactive ketones (excluding diaryl/α,β-unsaturated/α-hetero) is 1. The zero-order chi connectivity index (χ0) is 18.3. The smallest absolute Gasteiger partial charge is 0.307 e. The number of aryl methyl sites for hydroxylation is 2. The van der Waals surface area contributed by atoms with Crippen LogP contribution in [-0.4, -0.2) is 25.5 Å². The van der Waals surface area contributed by atoms with Gasteiger partial charge in [0.25, 0.3) is 0 Å². The molecule has 0 aromatic heterocycles. The van der Waals surface area contributed by atoms with Crippen molar-refractivity contribution in [1.82, 2.24) is 4.72 Å². The monoisotopic (exact) mass is 376 g/mol. The molecule has 2 amide bonds. The summed E-state index contributed by atoms with van der Waals surface area (Å²) in [5, 5.41) is 2.03. The third-order valence-electron chi connectivity index (χ3n) is 5.82. The fourth-order valence-corrected chi connectivity index (χ4v) is 5.93. The standard InChI is InChI=1S/C19H24N2O4S/c22-14-6-3-7-15(11-14)26(24,25)21-19(23)20-18-16-8-1-4-12(16)10-13-5-2-9-17(13)18/h10,15H,1-9,11H2,(H2,20,21,23). The summed E-state index contributed by atoms with van der Waals surface area (Å²) in [4.78, 5) is 24.0. The number of amides is 2. The SMILES string of the molecule is O=C1CCCC(S(=O)(=O)NC(=O)Nc2c3c(cc4c2CCC4)CCC3)C1. The van der Waals surface area contributed by atoms with Gasteiger partial charge in [-0.3, -0.25) is 4.79 Å². The van der Waals surface area contributed by atoms with E-state index in [1.54, 1.807) is 0 Å². The minimum absolute atomic E-state index is 0.00124. The van der Waals surface area contributed by atoms with Crippen LogP contribution in [0.15, 0.2) is 6.07 Å². The third kappa shape index (κ3) is 3.24. The molecule has 4 rings (SSSR count). The van der Waals surface area contributed by atoms with Gasteiger partial charge in [0.05, 0.1) is 5.25 Å². The molecule has 1 aromatic rings. The molecule has 2 N–H and O–H groups in total. The summed E-state index contributed by atoms with van der Waals surface area (Å²) in [6.07, 6.45) is 7.41. The summed E-state index contributed by atoms with van der Waals surface area (Å²) in [6.45, 7) is 0. The van der Waals surface area contributed by atoms with Crippen molar-refractivity contribution >= 4 is 27.5 Å². The number of hydrogen-bond donors (Lipinski definition) is 2. The molecular weight excluding hydrogens is 352 g/mol. The summed E-state index contributed by atoms with van der Waals surface area (Å²) in [5.41, 5.74) is 5.69. The molecular formula is C19H24N2O4S. The van der Waals surface area contributed by atoms with E-state index in [9.17, 15) is 18.0 Å². The maximum Gasteiger partial charge on any atom is 0.332 e. The number of urea groups is 1. The molecule has 7 heteroatoms. The Morgan fingerprint density at radius 2 is 1.62 bits per heavy atom. The van der Waals surface area contributed by atoms with Crippen LogP contribution in [0.3, 0.4) is 0 Å². The van der Waals surface area contributed by atoms with E-state index in [0.29, 0.717) is 19.3 Å². The zero-order valence-electron chi connectivity index (χ0n) is 14.8. The lowest BCUT2D eigenvalue weighted by atomic mass is 9.99. The summed E-state index contributed by atoms with van der Waals surface area (Å²) >= 11 is 0. The van der Waals surface area contributed by atoms with Gasteiger partial charge in [-0.15, -0.1) is 0 Å². The van der Waals surface area contributed by atoms with Crippen LogP contribution in [0.5, 0.6) is 0 Å². The maximum absolute atomic E-state index is 12.5. The van der Waals surface area contributed by atoms with Crippen molar-refractivity contribution in [2.45, 2.75) is 69.5 Å². The molecule has 26 heavy (non-hydrogen) atoms. The molecule has 1 aromatic carbocycles. The van der Waals surface area contributed by atoms with Crippen LogP contribution in [0.4, 0.5) is 10.5 Å². The highest BCUT2D eigenvalue weighted by atomic mass is 32.2. The summed E-state index contributed by atoms with van der Waals surface area (Å²) in [7, 11) is -3.85. The Labute approximate surface area is 153 Å². The van der Waals surface area contributed by atoms with Gasteiger partial charge in [-0.2, -0.15) is 0 Å². The first-order chi connectivity index (χ1) is 12.4. The predicted octanol–water partition coefficient (Wildman–Crippen LogP) is 2.63. The molecule has 3 aliphatic rings. The van der Waals surface area contributed by atoms with Gasteiger partial charge in [-0.05, 0) is 73.6 Å². The molecule has 0 saturated heterocycles. The molecule has 0 spiro atoms. The second-order valence-electron chi connectivity index (χ2n) is 7.59. The number of rotatable bonds is 3. The number of fused-ring (bicyclic) bond motifs is 2. The summed E-state index contributed by atoms with van der Waals surface area (Å²) in [5.74, 6) is -0.0502. The minimum Gasteiger partial charge on any atom is -0.307 e. The molecule has 0 radical (unpaired) electrons. The third-order valence-corrected chi connectivity index (χ3v) is 7.57. The van der Waals surface area contributed by atoms with E-state index in [2.05, 4.69) is 16.1 Å². The molecule has 0 aliphatic heterocycles. The first-order valence-electron chi connectivity index (χ1n) is 9.45. The Morgan fingerprint density at radius 1 is 0.962 bits per heavy atom. The van der Waals surface area contributed by atoms with Crippen LogP contribution in [0, 0.1) is 0 Å². The lowest BCUT2D eigenvalue weighted by Crippen LogP contribution is -2.42. The van der Waals surface area contributed by atoms with Crippen LogP contribution >= 0.6 is 0 Å². The van der Waals surface area contributed by atoms with Crippen LogP contribution in [-0.2, 0) is 40.5 Å². The topological polar surface area (TPSA) is 92.3 Å². The highest BCUT2D eigenvalue weighted by molar-refractivity contribution is 7.90. The molecule has 0 bridgehead atoms. The van der Waals surface area contributed by atoms with Gasteiger partial charge in [0.2, 0.25) is 10.0 Å². The Hall–Kier alpha value is -1.89. The number of carbonyl (C=O) groups is 2. The molecule has 1 unspecified atom stereocenters. The van der Waals surface area contributed by atoms with E-state index in [0.717, 1.165) is 55.3 Å². The van der Waals surface area contributed by atoms with Crippen molar-refractivity contribution in [1.29, 1.82) is 0 Å². The van der Waals surface area contributed by atoms with Crippen molar-refractivity contribution < 1.29 is 18.0 Å². The van der Waals surface area contributed by atoms with Crippen molar-refractivity contribution in [2.24, 2.45) is 0 Å². The van der Waals surface area contributed by atoms with Gasteiger partial charge in [0, 0.05) is 18.5 Å². The molecule has 1 fully saturated rings. The first-order valence-corrected chi connectivity index (χ1v) is 11.0. The number of hydrogen-bond acceptors (Lipinski definition) is 4. The molecule has 140 valence electrons. The van der Waals surface area contributed by atoms with Crippen LogP contribution < -0.4 is 10.0 Å². The van der Waals surface area contributed by atoms with Gasteiger partial charge in [0.15, 0.2) is 0 Å². The van der Waals surface area contributed by atoms with Crippen LogP contribution in [0.25, 0.3) is 0 Å². The van der Waals surface area contributed by atoms with Crippen molar-refractivity contribution in [3.05, 3.63) is 28.3 Å². The molecule has 1 atom stereocenters. The average Bonchev–Trinajstić information content (AvgIpc) is 3.23. The molecule has 3 aliphatic carbocycles. The van der Waals surface area contributed by atoms with Gasteiger partial charge in [-0.1, -0.05) is 6.07 Å². The number of benzene rings is 1. The number of ketones is 1. The predicted molar refractivity (Wildman–Crippen MR) is 98.8 cm³/mol. The Balaban J connectivity index is 1.53. The Morgan fingerprint density at radius 3 is 2.23 bits per heavy atom. The average molecular weight is 376 g/mol. The summed E-state index contributed by atoms with van der Waals surface area (Å²) < 4.78 is 27.1. The van der Waals surface area contributed by atoms with Crippen molar-refractivity contribution in [3.8, 4) is 0 Å². The zero-order valence-corrected chi connectivity index (χ0v) is 15.6.